The van der Waals surface area contributed by atoms with E-state index in [1.165, 1.54) is 0 Å². The third-order valence-electron chi connectivity index (χ3n) is 1.78. The van der Waals surface area contributed by atoms with Crippen LogP contribution in [0.15, 0.2) is 6.07 Å². The minimum absolute atomic E-state index is 0.522. The first kappa shape index (κ1) is 9.08. The van der Waals surface area contributed by atoms with Gasteiger partial charge in [-0.2, -0.15) is 0 Å². The second-order valence-electron chi connectivity index (χ2n) is 2.60. The van der Waals surface area contributed by atoms with E-state index in [-0.39, 0.29) is 0 Å². The molecule has 0 saturated heterocycles. The van der Waals surface area contributed by atoms with Crippen LogP contribution in [0.5, 0.6) is 0 Å². The lowest BCUT2D eigenvalue weighted by Gasteiger charge is -1.96. The lowest BCUT2D eigenvalue weighted by Crippen LogP contribution is -2.01. The van der Waals surface area contributed by atoms with Crippen LogP contribution in [-0.4, -0.2) is 16.7 Å². The molecule has 14 heavy (non-hydrogen) atoms. The summed E-state index contributed by atoms with van der Waals surface area (Å²) in [5.41, 5.74) is -1.26. The van der Waals surface area contributed by atoms with Crippen LogP contribution in [-0.2, 0) is 4.74 Å². The Morgan fingerprint density at radius 3 is 2.64 bits per heavy atom. The van der Waals surface area contributed by atoms with Gasteiger partial charge in [-0.1, -0.05) is 11.6 Å². The first-order valence-corrected chi connectivity index (χ1v) is 3.86. The van der Waals surface area contributed by atoms with E-state index >= 15 is 0 Å². The monoisotopic (exact) mass is 219 g/mol. The highest BCUT2D eigenvalue weighted by molar-refractivity contribution is 6.31. The Labute approximate surface area is 81.2 Å². The van der Waals surface area contributed by atoms with Crippen molar-refractivity contribution in [3.05, 3.63) is 33.9 Å². The fraction of sp³-hybridized carbons (Fsp3) is 0. The van der Waals surface area contributed by atoms with Crippen molar-refractivity contribution < 1.29 is 23.1 Å². The van der Waals surface area contributed by atoms with Gasteiger partial charge in [0.2, 0.25) is 0 Å². The van der Waals surface area contributed by atoms with Gasteiger partial charge in [0.15, 0.2) is 16.9 Å². The van der Waals surface area contributed by atoms with E-state index in [0.29, 0.717) is 6.07 Å². The summed E-state index contributed by atoms with van der Waals surface area (Å²) in [5.74, 6) is -4.21. The van der Waals surface area contributed by atoms with Gasteiger partial charge in [-0.3, -0.25) is 0 Å². The van der Waals surface area contributed by atoms with Crippen molar-refractivity contribution in [2.75, 3.05) is 0 Å². The summed E-state index contributed by atoms with van der Waals surface area (Å²) in [4.78, 5) is 19.9. The second kappa shape index (κ2) is 2.75. The maximum absolute atomic E-state index is 13.2. The Morgan fingerprint density at radius 2 is 2.00 bits per heavy atom. The predicted octanol–water partition coefficient (Wildman–Crippen LogP) is 1.64. The van der Waals surface area contributed by atoms with Gasteiger partial charge in [0.25, 0.3) is 0 Å². The third kappa shape index (κ3) is 1.02. The van der Waals surface area contributed by atoms with Crippen LogP contribution in [0, 0.1) is 11.6 Å². The number of carbonyl (C=O) groups excluding carboxylic acids is 2. The van der Waals surface area contributed by atoms with E-state index in [1.807, 2.05) is 0 Å². The zero-order valence-electron chi connectivity index (χ0n) is 6.47. The van der Waals surface area contributed by atoms with E-state index in [9.17, 15) is 13.6 Å². The van der Waals surface area contributed by atoms with Crippen molar-refractivity contribution in [2.45, 2.75) is 0 Å². The predicted molar refractivity (Wildman–Crippen MR) is 42.8 cm³/mol. The number of rotatable bonds is 0. The summed E-state index contributed by atoms with van der Waals surface area (Å²) in [6, 6.07) is 0.648. The molecule has 0 amide bonds. The first-order chi connectivity index (χ1) is 6.52. The average Bonchev–Trinajstić information content (AvgIpc) is 2.38. The fourth-order valence-corrected chi connectivity index (χ4v) is 1.38. The van der Waals surface area contributed by atoms with E-state index in [1.54, 1.807) is 0 Å². The summed E-state index contributed by atoms with van der Waals surface area (Å²) >= 11 is 5.30. The van der Waals surface area contributed by atoms with E-state index in [0.717, 1.165) is 0 Å². The van der Waals surface area contributed by atoms with Crippen LogP contribution in [0.2, 0.25) is 5.02 Å². The number of hydrogen-bond acceptors (Lipinski definition) is 2. The molecule has 1 N–H and O–H groups in total. The van der Waals surface area contributed by atoms with Crippen LogP contribution in [0.4, 0.5) is 8.78 Å². The standard InChI is InChI=1S/C8HClF2O3/c9-2-1-3(10)4-5(6(2)11)8(13)14-7(4)12/h1H/p+1. The molecule has 0 atom stereocenters. The number of cyclic esters (lactones) is 2. The van der Waals surface area contributed by atoms with Gasteiger partial charge in [-0.25, -0.2) is 18.3 Å². The largest absolute Gasteiger partial charge is 0.531 e. The van der Waals surface area contributed by atoms with Crippen LogP contribution < -0.4 is 0 Å². The van der Waals surface area contributed by atoms with Crippen molar-refractivity contribution in [2.24, 2.45) is 0 Å². The van der Waals surface area contributed by atoms with Gasteiger partial charge in [0, 0.05) is 0 Å². The molecule has 0 aliphatic carbocycles. The lowest BCUT2D eigenvalue weighted by molar-refractivity contribution is 0.0720. The van der Waals surface area contributed by atoms with Crippen molar-refractivity contribution in [1.82, 2.24) is 0 Å². The highest BCUT2D eigenvalue weighted by Crippen LogP contribution is 2.29. The number of halogens is 3. The highest BCUT2D eigenvalue weighted by Gasteiger charge is 2.45. The second-order valence-corrected chi connectivity index (χ2v) is 3.01. The van der Waals surface area contributed by atoms with Crippen molar-refractivity contribution in [3.63, 3.8) is 0 Å². The van der Waals surface area contributed by atoms with Gasteiger partial charge in [0.1, 0.15) is 5.82 Å². The normalized spacial score (nSPS) is 14.2. The van der Waals surface area contributed by atoms with Gasteiger partial charge in [0.05, 0.1) is 5.02 Å². The first-order valence-electron chi connectivity index (χ1n) is 3.48. The number of carbonyl (C=O) groups is 1. The number of ether oxygens (including phenoxy) is 1. The van der Waals surface area contributed by atoms with Gasteiger partial charge in [-0.05, 0) is 6.07 Å². The van der Waals surface area contributed by atoms with E-state index in [4.69, 9.17) is 16.4 Å². The van der Waals surface area contributed by atoms with Gasteiger partial charge in [-0.15, -0.1) is 0 Å². The van der Waals surface area contributed by atoms with E-state index in [2.05, 4.69) is 4.74 Å². The van der Waals surface area contributed by atoms with E-state index < -0.39 is 39.7 Å². The molecule has 1 aromatic rings. The van der Waals surface area contributed by atoms with Gasteiger partial charge >= 0.3 is 11.9 Å². The molecule has 1 aromatic carbocycles. The lowest BCUT2D eigenvalue weighted by atomic mass is 10.1. The molecule has 72 valence electrons. The molecule has 0 unspecified atom stereocenters. The smallest absolute Gasteiger partial charge is 0.334 e. The minimum Gasteiger partial charge on any atom is -0.334 e. The quantitative estimate of drug-likeness (QED) is 0.288. The van der Waals surface area contributed by atoms with Crippen molar-refractivity contribution in [1.29, 1.82) is 0 Å². The average molecular weight is 220 g/mol. The number of esters is 2. The molecule has 0 bridgehead atoms. The maximum atomic E-state index is 13.2. The minimum atomic E-state index is -1.13. The zero-order chi connectivity index (χ0) is 10.5. The summed E-state index contributed by atoms with van der Waals surface area (Å²) in [5, 5.41) is -0.522. The van der Waals surface area contributed by atoms with Gasteiger partial charge < -0.3 is 4.79 Å². The molecule has 1 heterocycles. The topological polar surface area (TPSA) is 47.7 Å². The molecule has 0 radical (unpaired) electrons. The van der Waals surface area contributed by atoms with Crippen molar-refractivity contribution in [3.8, 4) is 0 Å². The Bertz CT molecular complexity index is 470. The number of benzene rings is 1. The molecule has 1 aliphatic heterocycles. The molecular weight excluding hydrogens is 218 g/mol. The molecule has 1 aliphatic rings. The Morgan fingerprint density at radius 1 is 1.36 bits per heavy atom. The number of hydrogen-bond donors (Lipinski definition) is 0. The molecule has 0 fully saturated rings. The fourth-order valence-electron chi connectivity index (χ4n) is 1.19. The molecule has 0 aromatic heterocycles. The Kier molecular flexibility index (Phi) is 1.78. The third-order valence-corrected chi connectivity index (χ3v) is 2.05. The summed E-state index contributed by atoms with van der Waals surface area (Å²) < 4.78 is 30.4. The Balaban J connectivity index is 2.86. The van der Waals surface area contributed by atoms with Crippen LogP contribution in [0.1, 0.15) is 15.9 Å². The van der Waals surface area contributed by atoms with Crippen LogP contribution >= 0.6 is 11.6 Å². The molecule has 2 rings (SSSR count). The molecule has 6 heteroatoms. The molecule has 3 nitrogen and oxygen atoms in total. The summed E-state index contributed by atoms with van der Waals surface area (Å²) in [7, 11) is 0. The zero-order valence-corrected chi connectivity index (χ0v) is 7.23. The maximum Gasteiger partial charge on any atom is 0.531 e. The van der Waals surface area contributed by atoms with Crippen molar-refractivity contribution >= 4 is 23.5 Å². The van der Waals surface area contributed by atoms with Crippen LogP contribution in [0.25, 0.3) is 0 Å². The molecule has 0 spiro atoms. The summed E-state index contributed by atoms with van der Waals surface area (Å²) in [6.07, 6.45) is 0. The van der Waals surface area contributed by atoms with Crippen LogP contribution in [0.3, 0.4) is 0 Å². The molecular formula is C8H2ClF2O3+. The highest BCUT2D eigenvalue weighted by atomic mass is 35.5. The number of fused-ring (bicyclic) bond motifs is 1. The SMILES string of the molecule is O=C1OC(=[OH+])c2c(F)c(Cl)cc(F)c21. The molecule has 0 saturated carbocycles. The Hall–Kier alpha value is -1.49. The summed E-state index contributed by atoms with van der Waals surface area (Å²) in [6.45, 7) is 0.